The van der Waals surface area contributed by atoms with Crippen LogP contribution in [0.1, 0.15) is 17.2 Å². The fourth-order valence-corrected chi connectivity index (χ4v) is 2.53. The molecule has 0 spiro atoms. The van der Waals surface area contributed by atoms with Gasteiger partial charge in [0.2, 0.25) is 0 Å². The van der Waals surface area contributed by atoms with Crippen molar-refractivity contribution in [2.45, 2.75) is 18.6 Å². The van der Waals surface area contributed by atoms with E-state index in [0.29, 0.717) is 6.04 Å². The first-order chi connectivity index (χ1) is 7.38. The smallest absolute Gasteiger partial charge is 0.119 e. The van der Waals surface area contributed by atoms with Crippen molar-refractivity contribution < 1.29 is 9.47 Å². The van der Waals surface area contributed by atoms with Crippen molar-refractivity contribution in [3.8, 4) is 5.75 Å². The van der Waals surface area contributed by atoms with Crippen molar-refractivity contribution in [1.82, 2.24) is 5.32 Å². The lowest BCUT2D eigenvalue weighted by Gasteiger charge is -2.27. The van der Waals surface area contributed by atoms with Gasteiger partial charge >= 0.3 is 0 Å². The Morgan fingerprint density at radius 1 is 1.47 bits per heavy atom. The lowest BCUT2D eigenvalue weighted by molar-refractivity contribution is 0.00350. The van der Waals surface area contributed by atoms with Crippen LogP contribution in [0.4, 0.5) is 0 Å². The summed E-state index contributed by atoms with van der Waals surface area (Å²) in [6.07, 6.45) is 1.30. The first-order valence-corrected chi connectivity index (χ1v) is 5.40. The van der Waals surface area contributed by atoms with Crippen LogP contribution in [0.5, 0.6) is 5.75 Å². The minimum atomic E-state index is 0.226. The maximum absolute atomic E-state index is 5.81. The Labute approximate surface area is 89.4 Å². The van der Waals surface area contributed by atoms with Crippen LogP contribution < -0.4 is 10.1 Å². The molecule has 0 saturated carbocycles. The predicted molar refractivity (Wildman–Crippen MR) is 57.2 cm³/mol. The zero-order valence-electron chi connectivity index (χ0n) is 8.82. The molecular formula is C12H15NO2. The molecule has 15 heavy (non-hydrogen) atoms. The Kier molecular flexibility index (Phi) is 2.15. The lowest BCUT2D eigenvalue weighted by atomic mass is 10.1. The Balaban J connectivity index is 1.98. The maximum atomic E-state index is 5.81. The summed E-state index contributed by atoms with van der Waals surface area (Å²) in [5.41, 5.74) is 2.69. The molecular weight excluding hydrogens is 190 g/mol. The number of benzene rings is 1. The van der Waals surface area contributed by atoms with E-state index >= 15 is 0 Å². The van der Waals surface area contributed by atoms with Gasteiger partial charge in [-0.3, -0.25) is 0 Å². The van der Waals surface area contributed by atoms with E-state index in [2.05, 4.69) is 17.4 Å². The van der Waals surface area contributed by atoms with E-state index < -0.39 is 0 Å². The number of hydrogen-bond acceptors (Lipinski definition) is 3. The van der Waals surface area contributed by atoms with Crippen molar-refractivity contribution >= 4 is 0 Å². The van der Waals surface area contributed by atoms with E-state index in [1.165, 1.54) is 11.1 Å². The van der Waals surface area contributed by atoms with Crippen LogP contribution >= 0.6 is 0 Å². The molecule has 0 amide bonds. The summed E-state index contributed by atoms with van der Waals surface area (Å²) in [7, 11) is 1.70. The van der Waals surface area contributed by atoms with Gasteiger partial charge in [-0.05, 0) is 29.7 Å². The van der Waals surface area contributed by atoms with Gasteiger partial charge in [0.1, 0.15) is 5.75 Å². The molecule has 0 radical (unpaired) electrons. The van der Waals surface area contributed by atoms with Crippen LogP contribution in [0.2, 0.25) is 0 Å². The number of hydrogen-bond donors (Lipinski definition) is 1. The van der Waals surface area contributed by atoms with Crippen molar-refractivity contribution in [1.29, 1.82) is 0 Å². The molecule has 1 aromatic rings. The molecule has 0 aromatic heterocycles. The Hall–Kier alpha value is -1.06. The van der Waals surface area contributed by atoms with Crippen LogP contribution in [0.3, 0.4) is 0 Å². The van der Waals surface area contributed by atoms with Crippen LogP contribution in [0, 0.1) is 0 Å². The monoisotopic (exact) mass is 205 g/mol. The highest BCUT2D eigenvalue weighted by atomic mass is 16.5. The minimum Gasteiger partial charge on any atom is -0.497 e. The summed E-state index contributed by atoms with van der Waals surface area (Å²) in [5.74, 6) is 0.920. The van der Waals surface area contributed by atoms with Gasteiger partial charge in [-0.25, -0.2) is 0 Å². The standard InChI is InChI=1S/C12H15NO2/c1-14-9-3-2-8-6-11-12(10(8)7-9)15-5-4-13-11/h2-3,7,11-13H,4-6H2,1H3. The first-order valence-electron chi connectivity index (χ1n) is 5.40. The molecule has 1 aliphatic heterocycles. The van der Waals surface area contributed by atoms with Gasteiger partial charge in [-0.1, -0.05) is 6.07 Å². The predicted octanol–water partition coefficient (Wildman–Crippen LogP) is 1.28. The third kappa shape index (κ3) is 1.43. The zero-order valence-corrected chi connectivity index (χ0v) is 8.82. The number of nitrogens with one attached hydrogen (secondary N) is 1. The van der Waals surface area contributed by atoms with Gasteiger partial charge in [0.25, 0.3) is 0 Å². The second-order valence-corrected chi connectivity index (χ2v) is 4.12. The maximum Gasteiger partial charge on any atom is 0.119 e. The Morgan fingerprint density at radius 2 is 2.40 bits per heavy atom. The Morgan fingerprint density at radius 3 is 3.27 bits per heavy atom. The lowest BCUT2D eigenvalue weighted by Crippen LogP contribution is -2.41. The van der Waals surface area contributed by atoms with Crippen molar-refractivity contribution in [2.24, 2.45) is 0 Å². The van der Waals surface area contributed by atoms with Gasteiger partial charge in [0.05, 0.1) is 19.8 Å². The third-order valence-corrected chi connectivity index (χ3v) is 3.27. The van der Waals surface area contributed by atoms with Crippen molar-refractivity contribution in [2.75, 3.05) is 20.3 Å². The van der Waals surface area contributed by atoms with Gasteiger partial charge < -0.3 is 14.8 Å². The first kappa shape index (κ1) is 9.19. The number of morpholine rings is 1. The number of fused-ring (bicyclic) bond motifs is 3. The van der Waals surface area contributed by atoms with E-state index in [4.69, 9.17) is 9.47 Å². The average molecular weight is 205 g/mol. The van der Waals surface area contributed by atoms with Gasteiger partial charge in [-0.15, -0.1) is 0 Å². The molecule has 1 saturated heterocycles. The highest BCUT2D eigenvalue weighted by Gasteiger charge is 2.35. The summed E-state index contributed by atoms with van der Waals surface area (Å²) in [4.78, 5) is 0. The van der Waals surface area contributed by atoms with E-state index in [-0.39, 0.29) is 6.10 Å². The van der Waals surface area contributed by atoms with Crippen molar-refractivity contribution in [3.05, 3.63) is 29.3 Å². The summed E-state index contributed by atoms with van der Waals surface area (Å²) < 4.78 is 11.1. The minimum absolute atomic E-state index is 0.226. The van der Waals surface area contributed by atoms with E-state index in [1.807, 2.05) is 6.07 Å². The van der Waals surface area contributed by atoms with Gasteiger partial charge in [-0.2, -0.15) is 0 Å². The number of methoxy groups -OCH3 is 1. The number of rotatable bonds is 1. The Bertz CT molecular complexity index is 378. The van der Waals surface area contributed by atoms with Crippen molar-refractivity contribution in [3.63, 3.8) is 0 Å². The SMILES string of the molecule is COc1ccc2c(c1)C1OCCNC1C2. The molecule has 1 N–H and O–H groups in total. The van der Waals surface area contributed by atoms with Crippen LogP contribution in [0.15, 0.2) is 18.2 Å². The summed E-state index contributed by atoms with van der Waals surface area (Å²) in [6, 6.07) is 6.74. The molecule has 2 atom stereocenters. The molecule has 1 heterocycles. The molecule has 1 aliphatic carbocycles. The fourth-order valence-electron chi connectivity index (χ4n) is 2.53. The molecule has 80 valence electrons. The highest BCUT2D eigenvalue weighted by Crippen LogP contribution is 2.37. The summed E-state index contributed by atoms with van der Waals surface area (Å²) in [5, 5.41) is 3.50. The van der Waals surface area contributed by atoms with Crippen LogP contribution in [0.25, 0.3) is 0 Å². The molecule has 0 bridgehead atoms. The van der Waals surface area contributed by atoms with E-state index in [9.17, 15) is 0 Å². The second-order valence-electron chi connectivity index (χ2n) is 4.12. The molecule has 1 fully saturated rings. The molecule has 3 heteroatoms. The highest BCUT2D eigenvalue weighted by molar-refractivity contribution is 5.42. The largest absolute Gasteiger partial charge is 0.497 e. The van der Waals surface area contributed by atoms with Gasteiger partial charge in [0.15, 0.2) is 0 Å². The molecule has 2 aliphatic rings. The molecule has 3 rings (SSSR count). The second kappa shape index (κ2) is 3.51. The fraction of sp³-hybridized carbons (Fsp3) is 0.500. The molecule has 2 unspecified atom stereocenters. The van der Waals surface area contributed by atoms with Gasteiger partial charge in [0, 0.05) is 12.6 Å². The quantitative estimate of drug-likeness (QED) is 0.749. The van der Waals surface area contributed by atoms with Crippen LogP contribution in [-0.4, -0.2) is 26.3 Å². The third-order valence-electron chi connectivity index (χ3n) is 3.27. The normalized spacial score (nSPS) is 28.3. The van der Waals surface area contributed by atoms with E-state index in [1.54, 1.807) is 7.11 Å². The van der Waals surface area contributed by atoms with Crippen LogP contribution in [-0.2, 0) is 11.2 Å². The topological polar surface area (TPSA) is 30.5 Å². The molecule has 3 nitrogen and oxygen atoms in total. The summed E-state index contributed by atoms with van der Waals surface area (Å²) >= 11 is 0. The zero-order chi connectivity index (χ0) is 10.3. The average Bonchev–Trinajstić information content (AvgIpc) is 2.66. The summed E-state index contributed by atoms with van der Waals surface area (Å²) in [6.45, 7) is 1.77. The number of ether oxygens (including phenoxy) is 2. The van der Waals surface area contributed by atoms with E-state index in [0.717, 1.165) is 25.3 Å². The molecule has 1 aromatic carbocycles.